The molecule has 0 amide bonds. The summed E-state index contributed by atoms with van der Waals surface area (Å²) in [6.45, 7) is 1.89. The normalized spacial score (nSPS) is 22.4. The zero-order chi connectivity index (χ0) is 14.0. The molecule has 1 aliphatic heterocycles. The number of methoxy groups -OCH3 is 1. The molecule has 2 unspecified atom stereocenters. The summed E-state index contributed by atoms with van der Waals surface area (Å²) in [6, 6.07) is 4.30. The number of rotatable bonds is 4. The fourth-order valence-electron chi connectivity index (χ4n) is 2.04. The number of hydrogen-bond acceptors (Lipinski definition) is 4. The van der Waals surface area contributed by atoms with Crippen LogP contribution in [0.4, 0.5) is 4.39 Å². The van der Waals surface area contributed by atoms with E-state index in [2.05, 4.69) is 5.32 Å². The first kappa shape index (κ1) is 14.0. The van der Waals surface area contributed by atoms with Gasteiger partial charge in [-0.3, -0.25) is 0 Å². The van der Waals surface area contributed by atoms with Gasteiger partial charge in [-0.1, -0.05) is 12.1 Å². The van der Waals surface area contributed by atoms with Crippen LogP contribution in [0.2, 0.25) is 0 Å². The minimum absolute atomic E-state index is 0.0651. The lowest BCUT2D eigenvalue weighted by atomic mass is 10.1. The van der Waals surface area contributed by atoms with Gasteiger partial charge >= 0.3 is 0 Å². The predicted octanol–water partition coefficient (Wildman–Crippen LogP) is 1.80. The molecule has 1 aliphatic rings. The SMILES string of the molecule is COc1cc(C(C)NC2C=CS(=O)(=O)C2)ccc1F. The van der Waals surface area contributed by atoms with E-state index in [-0.39, 0.29) is 23.6 Å². The molecule has 0 fully saturated rings. The molecular formula is C13H16FNO3S. The molecule has 0 saturated carbocycles. The Bertz CT molecular complexity index is 598. The third kappa shape index (κ3) is 3.33. The average molecular weight is 285 g/mol. The van der Waals surface area contributed by atoms with E-state index in [1.807, 2.05) is 6.92 Å². The van der Waals surface area contributed by atoms with Crippen molar-refractivity contribution in [1.82, 2.24) is 5.32 Å². The van der Waals surface area contributed by atoms with Crippen molar-refractivity contribution in [2.45, 2.75) is 19.0 Å². The second-order valence-corrected chi connectivity index (χ2v) is 6.48. The molecule has 0 aliphatic carbocycles. The van der Waals surface area contributed by atoms with E-state index in [1.54, 1.807) is 18.2 Å². The quantitative estimate of drug-likeness (QED) is 0.916. The van der Waals surface area contributed by atoms with E-state index in [0.29, 0.717) is 0 Å². The molecule has 1 aromatic rings. The van der Waals surface area contributed by atoms with Crippen molar-refractivity contribution in [2.24, 2.45) is 0 Å². The summed E-state index contributed by atoms with van der Waals surface area (Å²) in [4.78, 5) is 0. The largest absolute Gasteiger partial charge is 0.494 e. The van der Waals surface area contributed by atoms with Gasteiger partial charge in [0.15, 0.2) is 21.4 Å². The highest BCUT2D eigenvalue weighted by Crippen LogP contribution is 2.23. The molecular weight excluding hydrogens is 269 g/mol. The van der Waals surface area contributed by atoms with Gasteiger partial charge in [0.1, 0.15) is 0 Å². The van der Waals surface area contributed by atoms with Gasteiger partial charge in [-0.15, -0.1) is 0 Å². The molecule has 2 atom stereocenters. The third-order valence-corrected chi connectivity index (χ3v) is 4.46. The minimum atomic E-state index is -3.07. The van der Waals surface area contributed by atoms with Crippen LogP contribution < -0.4 is 10.1 Å². The Labute approximate surface area is 112 Å². The van der Waals surface area contributed by atoms with E-state index >= 15 is 0 Å². The van der Waals surface area contributed by atoms with Crippen LogP contribution >= 0.6 is 0 Å². The molecule has 4 nitrogen and oxygen atoms in total. The Morgan fingerprint density at radius 2 is 2.21 bits per heavy atom. The van der Waals surface area contributed by atoms with Gasteiger partial charge in [-0.05, 0) is 24.6 Å². The van der Waals surface area contributed by atoms with Gasteiger partial charge in [0.05, 0.1) is 12.9 Å². The average Bonchev–Trinajstić information content (AvgIpc) is 2.69. The first-order valence-corrected chi connectivity index (χ1v) is 7.63. The summed E-state index contributed by atoms with van der Waals surface area (Å²) in [5.74, 6) is -0.169. The van der Waals surface area contributed by atoms with Crippen LogP contribution in [0.25, 0.3) is 0 Å². The fourth-order valence-corrected chi connectivity index (χ4v) is 3.29. The monoisotopic (exact) mass is 285 g/mol. The second-order valence-electron chi connectivity index (χ2n) is 4.55. The van der Waals surface area contributed by atoms with Gasteiger partial charge in [0.25, 0.3) is 0 Å². The van der Waals surface area contributed by atoms with Crippen molar-refractivity contribution in [3.05, 3.63) is 41.1 Å². The molecule has 6 heteroatoms. The molecule has 0 bridgehead atoms. The number of nitrogens with one attached hydrogen (secondary N) is 1. The summed E-state index contributed by atoms with van der Waals surface area (Å²) >= 11 is 0. The van der Waals surface area contributed by atoms with E-state index in [1.165, 1.54) is 18.6 Å². The summed E-state index contributed by atoms with van der Waals surface area (Å²) in [6.07, 6.45) is 1.63. The molecule has 2 rings (SSSR count). The zero-order valence-corrected chi connectivity index (χ0v) is 11.6. The standard InChI is InChI=1S/C13H16FNO3S/c1-9(15-11-5-6-19(16,17)8-11)10-3-4-12(14)13(7-10)18-2/h3-7,9,11,15H,8H2,1-2H3. The highest BCUT2D eigenvalue weighted by molar-refractivity contribution is 7.94. The van der Waals surface area contributed by atoms with Crippen LogP contribution in [0.5, 0.6) is 5.75 Å². The molecule has 104 valence electrons. The zero-order valence-electron chi connectivity index (χ0n) is 10.8. The van der Waals surface area contributed by atoms with Crippen molar-refractivity contribution in [2.75, 3.05) is 12.9 Å². The van der Waals surface area contributed by atoms with Gasteiger partial charge in [-0.25, -0.2) is 12.8 Å². The predicted molar refractivity (Wildman–Crippen MR) is 71.2 cm³/mol. The van der Waals surface area contributed by atoms with Crippen molar-refractivity contribution < 1.29 is 17.5 Å². The van der Waals surface area contributed by atoms with Crippen molar-refractivity contribution >= 4 is 9.84 Å². The maximum absolute atomic E-state index is 13.3. The van der Waals surface area contributed by atoms with E-state index < -0.39 is 15.7 Å². The van der Waals surface area contributed by atoms with Crippen LogP contribution in [0, 0.1) is 5.82 Å². The maximum Gasteiger partial charge on any atom is 0.173 e. The molecule has 19 heavy (non-hydrogen) atoms. The Hall–Kier alpha value is -1.40. The topological polar surface area (TPSA) is 55.4 Å². The number of sulfone groups is 1. The lowest BCUT2D eigenvalue weighted by molar-refractivity contribution is 0.385. The van der Waals surface area contributed by atoms with E-state index in [0.717, 1.165) is 5.56 Å². The van der Waals surface area contributed by atoms with E-state index in [9.17, 15) is 12.8 Å². The van der Waals surface area contributed by atoms with Crippen molar-refractivity contribution in [3.8, 4) is 5.75 Å². The lowest BCUT2D eigenvalue weighted by Gasteiger charge is -2.18. The summed E-state index contributed by atoms with van der Waals surface area (Å²) in [5, 5.41) is 4.40. The molecule has 0 aromatic heterocycles. The van der Waals surface area contributed by atoms with Gasteiger partial charge < -0.3 is 10.1 Å². The van der Waals surface area contributed by atoms with Crippen LogP contribution in [-0.2, 0) is 9.84 Å². The molecule has 1 aromatic carbocycles. The summed E-state index contributed by atoms with van der Waals surface area (Å²) in [5.41, 5.74) is 0.843. The minimum Gasteiger partial charge on any atom is -0.494 e. The third-order valence-electron chi connectivity index (χ3n) is 3.07. The molecule has 0 saturated heterocycles. The summed E-state index contributed by atoms with van der Waals surface area (Å²) < 4.78 is 40.8. The summed E-state index contributed by atoms with van der Waals surface area (Å²) in [7, 11) is -1.66. The number of ether oxygens (including phenoxy) is 1. The van der Waals surface area contributed by atoms with Gasteiger partial charge in [0, 0.05) is 17.5 Å². The smallest absolute Gasteiger partial charge is 0.173 e. The van der Waals surface area contributed by atoms with Crippen LogP contribution in [-0.4, -0.2) is 27.3 Å². The highest BCUT2D eigenvalue weighted by Gasteiger charge is 2.23. The first-order chi connectivity index (χ1) is 8.91. The van der Waals surface area contributed by atoms with Crippen LogP contribution in [0.3, 0.4) is 0 Å². The molecule has 1 N–H and O–H groups in total. The van der Waals surface area contributed by atoms with Gasteiger partial charge in [-0.2, -0.15) is 0 Å². The number of halogens is 1. The second kappa shape index (κ2) is 5.30. The van der Waals surface area contributed by atoms with Crippen molar-refractivity contribution in [3.63, 3.8) is 0 Å². The molecule has 0 radical (unpaired) electrons. The Kier molecular flexibility index (Phi) is 3.91. The highest BCUT2D eigenvalue weighted by atomic mass is 32.2. The number of hydrogen-bond donors (Lipinski definition) is 1. The Balaban J connectivity index is 2.08. The Morgan fingerprint density at radius 1 is 1.47 bits per heavy atom. The van der Waals surface area contributed by atoms with Crippen molar-refractivity contribution in [1.29, 1.82) is 0 Å². The fraction of sp³-hybridized carbons (Fsp3) is 0.385. The lowest BCUT2D eigenvalue weighted by Crippen LogP contribution is -2.32. The van der Waals surface area contributed by atoms with Gasteiger partial charge in [0.2, 0.25) is 0 Å². The number of benzene rings is 1. The Morgan fingerprint density at radius 3 is 2.79 bits per heavy atom. The molecule has 1 heterocycles. The van der Waals surface area contributed by atoms with E-state index in [4.69, 9.17) is 4.74 Å². The van der Waals surface area contributed by atoms with Crippen LogP contribution in [0.15, 0.2) is 29.7 Å². The first-order valence-electron chi connectivity index (χ1n) is 5.92. The van der Waals surface area contributed by atoms with Crippen LogP contribution in [0.1, 0.15) is 18.5 Å². The molecule has 0 spiro atoms. The maximum atomic E-state index is 13.3.